The molecule has 458 valence electrons. The molecule has 0 unspecified atom stereocenters. The highest BCUT2D eigenvalue weighted by molar-refractivity contribution is 5.83. The molecule has 0 aliphatic heterocycles. The third-order valence-corrected chi connectivity index (χ3v) is 16.0. The number of hydrogen-bond donors (Lipinski definition) is 0. The molecule has 0 N–H and O–H groups in total. The number of nitrogens with zero attached hydrogens (tertiary/aromatic N) is 12. The lowest BCUT2D eigenvalue weighted by atomic mass is 9.87. The monoisotopic (exact) mass is 1220 g/mol. The van der Waals surface area contributed by atoms with Gasteiger partial charge in [-0.1, -0.05) is 157 Å². The van der Waals surface area contributed by atoms with Gasteiger partial charge in [0.05, 0.1) is 0 Å². The fraction of sp³-hybridized carbons (Fsp3) is 0.216. The topological polar surface area (TPSA) is 234 Å². The molecule has 0 aliphatic carbocycles. The molecule has 0 saturated carbocycles. The fourth-order valence-electron chi connectivity index (χ4n) is 10.5. The van der Waals surface area contributed by atoms with Crippen molar-refractivity contribution in [3.63, 3.8) is 0 Å². The Labute approximate surface area is 531 Å². The summed E-state index contributed by atoms with van der Waals surface area (Å²) in [6.07, 6.45) is 3.37. The smallest absolute Gasteiger partial charge is 0.248 e. The van der Waals surface area contributed by atoms with Gasteiger partial charge in [-0.25, -0.2) is 0 Å². The number of aromatic nitrogens is 12. The normalized spacial score (nSPS) is 12.2. The molecule has 18 nitrogen and oxygen atoms in total. The molecule has 6 aromatic heterocycles. The molecule has 0 saturated heterocycles. The van der Waals surface area contributed by atoms with Crippen LogP contribution in [0.4, 0.5) is 0 Å². The molecular formula is C74H66N12O6. The highest BCUT2D eigenvalue weighted by Gasteiger charge is 2.26. The third kappa shape index (κ3) is 12.1. The average Bonchev–Trinajstić information content (AvgIpc) is 1.62. The Morgan fingerprint density at radius 3 is 0.565 bits per heavy atom. The van der Waals surface area contributed by atoms with Crippen LogP contribution in [0.5, 0.6) is 0 Å². The van der Waals surface area contributed by atoms with Crippen molar-refractivity contribution in [2.75, 3.05) is 0 Å². The SMILES string of the molecule is C=Cc1cc(-c2nnc(-c3cc(-c4nnc(-c5ccc(C(C)(C)C)cc5)o4)cc(-c4nnc(-c5ccc(C(C)(C)C)cc5)o4)c3)o2)c(C=C)cc1-c1nnc(-c2cc(-c3nnc(-c4ccc(C(C)(C)C)cc4)o3)cc(-c3nnc(-c4ccc(C(C)(C)C)cc4)o3)c2)o1. The maximum Gasteiger partial charge on any atom is 0.248 e. The van der Waals surface area contributed by atoms with Gasteiger partial charge >= 0.3 is 0 Å². The van der Waals surface area contributed by atoms with Crippen LogP contribution in [0.15, 0.2) is 185 Å². The first-order valence-corrected chi connectivity index (χ1v) is 30.1. The van der Waals surface area contributed by atoms with Crippen molar-refractivity contribution in [3.8, 4) is 137 Å². The van der Waals surface area contributed by atoms with Gasteiger partial charge in [0.1, 0.15) is 0 Å². The van der Waals surface area contributed by atoms with E-state index in [1.165, 1.54) is 22.3 Å². The Hall–Kier alpha value is -11.1. The lowest BCUT2D eigenvalue weighted by Gasteiger charge is -2.18. The van der Waals surface area contributed by atoms with Crippen LogP contribution in [-0.4, -0.2) is 61.2 Å². The zero-order chi connectivity index (χ0) is 64.4. The zero-order valence-corrected chi connectivity index (χ0v) is 53.2. The molecule has 0 spiro atoms. The Balaban J connectivity index is 0.837. The van der Waals surface area contributed by atoms with Crippen molar-refractivity contribution >= 4 is 12.2 Å². The van der Waals surface area contributed by atoms with Crippen molar-refractivity contribution in [1.29, 1.82) is 0 Å². The van der Waals surface area contributed by atoms with Crippen molar-refractivity contribution in [1.82, 2.24) is 61.2 Å². The van der Waals surface area contributed by atoms with Crippen molar-refractivity contribution in [2.24, 2.45) is 0 Å². The van der Waals surface area contributed by atoms with Crippen LogP contribution in [0.25, 0.3) is 150 Å². The van der Waals surface area contributed by atoms with Gasteiger partial charge in [-0.2, -0.15) is 0 Å². The van der Waals surface area contributed by atoms with Gasteiger partial charge in [0.25, 0.3) is 0 Å². The predicted octanol–water partition coefficient (Wildman–Crippen LogP) is 18.5. The van der Waals surface area contributed by atoms with Crippen LogP contribution in [0.1, 0.15) is 116 Å². The summed E-state index contributed by atoms with van der Waals surface area (Å²) in [4.78, 5) is 0. The van der Waals surface area contributed by atoms with Gasteiger partial charge in [0, 0.05) is 66.8 Å². The summed E-state index contributed by atoms with van der Waals surface area (Å²) in [5.41, 5.74) is 13.3. The third-order valence-electron chi connectivity index (χ3n) is 16.0. The summed E-state index contributed by atoms with van der Waals surface area (Å²) in [5, 5.41) is 54.1. The van der Waals surface area contributed by atoms with Crippen molar-refractivity contribution in [3.05, 3.63) is 192 Å². The minimum Gasteiger partial charge on any atom is -0.416 e. The Morgan fingerprint density at radius 2 is 0.391 bits per heavy atom. The Bertz CT molecular complexity index is 4340. The van der Waals surface area contributed by atoms with E-state index in [2.05, 4.69) is 206 Å². The van der Waals surface area contributed by atoms with E-state index in [1.54, 1.807) is 12.2 Å². The first-order valence-electron chi connectivity index (χ1n) is 30.1. The van der Waals surface area contributed by atoms with E-state index in [0.29, 0.717) is 79.2 Å². The summed E-state index contributed by atoms with van der Waals surface area (Å²) in [6.45, 7) is 34.4. The van der Waals surface area contributed by atoms with Crippen LogP contribution in [0, 0.1) is 0 Å². The number of benzene rings is 7. The maximum atomic E-state index is 6.57. The molecule has 0 fully saturated rings. The Morgan fingerprint density at radius 1 is 0.228 bits per heavy atom. The number of rotatable bonds is 14. The van der Waals surface area contributed by atoms with Crippen LogP contribution in [-0.2, 0) is 21.7 Å². The minimum absolute atomic E-state index is 0.0295. The molecule has 0 aliphatic rings. The highest BCUT2D eigenvalue weighted by atomic mass is 16.4. The summed E-state index contributed by atoms with van der Waals surface area (Å²) in [7, 11) is 0. The second-order valence-electron chi connectivity index (χ2n) is 26.8. The molecule has 0 atom stereocenters. The van der Waals surface area contributed by atoms with Crippen LogP contribution < -0.4 is 0 Å². The zero-order valence-electron chi connectivity index (χ0n) is 53.2. The summed E-state index contributed by atoms with van der Waals surface area (Å²) in [5.74, 6) is 3.14. The highest BCUT2D eigenvalue weighted by Crippen LogP contribution is 2.41. The first-order chi connectivity index (χ1) is 43.9. The summed E-state index contributed by atoms with van der Waals surface area (Å²) in [6, 6.07) is 47.1. The van der Waals surface area contributed by atoms with Gasteiger partial charge < -0.3 is 26.5 Å². The van der Waals surface area contributed by atoms with E-state index < -0.39 is 0 Å². The second kappa shape index (κ2) is 23.0. The van der Waals surface area contributed by atoms with Gasteiger partial charge in [-0.05, 0) is 152 Å². The molecule has 0 radical (unpaired) electrons. The molecular weight excluding hydrogens is 1150 g/mol. The molecule has 0 bridgehead atoms. The largest absolute Gasteiger partial charge is 0.416 e. The van der Waals surface area contributed by atoms with Crippen LogP contribution >= 0.6 is 0 Å². The van der Waals surface area contributed by atoms with E-state index in [0.717, 1.165) is 22.3 Å². The number of hydrogen-bond acceptors (Lipinski definition) is 18. The van der Waals surface area contributed by atoms with E-state index in [1.807, 2.05) is 97.1 Å². The molecule has 13 aromatic rings. The lowest BCUT2D eigenvalue weighted by molar-refractivity contribution is 0.577. The van der Waals surface area contributed by atoms with E-state index in [9.17, 15) is 0 Å². The fourth-order valence-corrected chi connectivity index (χ4v) is 10.5. The quantitative estimate of drug-likeness (QED) is 0.0984. The summed E-state index contributed by atoms with van der Waals surface area (Å²) >= 11 is 0. The summed E-state index contributed by atoms with van der Waals surface area (Å²) < 4.78 is 38.6. The van der Waals surface area contributed by atoms with E-state index in [-0.39, 0.29) is 68.8 Å². The van der Waals surface area contributed by atoms with Gasteiger partial charge in [0.15, 0.2) is 0 Å². The average molecular weight is 1220 g/mol. The van der Waals surface area contributed by atoms with Crippen LogP contribution in [0.3, 0.4) is 0 Å². The lowest BCUT2D eigenvalue weighted by Crippen LogP contribution is -2.10. The maximum absolute atomic E-state index is 6.57. The van der Waals surface area contributed by atoms with Crippen molar-refractivity contribution in [2.45, 2.75) is 105 Å². The molecule has 92 heavy (non-hydrogen) atoms. The minimum atomic E-state index is -0.0295. The molecule has 18 heteroatoms. The van der Waals surface area contributed by atoms with Crippen molar-refractivity contribution < 1.29 is 26.5 Å². The van der Waals surface area contributed by atoms with Gasteiger partial charge in [-0.15, -0.1) is 61.2 Å². The van der Waals surface area contributed by atoms with Gasteiger partial charge in [0.2, 0.25) is 70.7 Å². The van der Waals surface area contributed by atoms with Crippen LogP contribution in [0.2, 0.25) is 0 Å². The van der Waals surface area contributed by atoms with E-state index in [4.69, 9.17) is 26.5 Å². The predicted molar refractivity (Wildman–Crippen MR) is 354 cm³/mol. The molecule has 0 amide bonds. The molecule has 13 rings (SSSR count). The second-order valence-corrected chi connectivity index (χ2v) is 26.8. The standard InChI is InChI=1S/C74H66N12O6/c1-15-41-39-58(70-86-84-68(92-70)52-37-49(65-81-77-61(89-65)45-21-29-55(30-22-45)73(9,10)11)34-50(38-52)66-82-78-62(90-66)46-23-31-56(32-24-46)74(12,13)14)42(16-2)40-57(41)69-85-83-67(91-69)51-35-47(63-79-75-59(87-63)43-17-25-53(26-18-43)71(3,4)5)33-48(36-51)64-80-76-60(88-64)44-19-27-54(28-20-44)72(6,7)8/h15-40H,1-2H2,3-14H3. The molecule has 6 heterocycles. The Kier molecular flexibility index (Phi) is 15.0. The molecule has 7 aromatic carbocycles. The first kappa shape index (κ1) is 59.8. The van der Waals surface area contributed by atoms with Gasteiger partial charge in [-0.3, -0.25) is 0 Å². The van der Waals surface area contributed by atoms with E-state index >= 15 is 0 Å².